The number of primary amides is 1. The van der Waals surface area contributed by atoms with Crippen LogP contribution in [-0.4, -0.2) is 24.1 Å². The van der Waals surface area contributed by atoms with Gasteiger partial charge in [0.25, 0.3) is 5.91 Å². The number of fused-ring (bicyclic) bond motifs is 1. The Morgan fingerprint density at radius 1 is 1.21 bits per heavy atom. The molecule has 2 rings (SSSR count). The van der Waals surface area contributed by atoms with Crippen molar-refractivity contribution in [3.05, 3.63) is 29.8 Å². The molecule has 5 heteroatoms. The van der Waals surface area contributed by atoms with E-state index in [1.54, 1.807) is 0 Å². The number of amides is 1. The van der Waals surface area contributed by atoms with Gasteiger partial charge in [-0.3, -0.25) is 4.79 Å². The highest BCUT2D eigenvalue weighted by Crippen LogP contribution is 2.34. The van der Waals surface area contributed by atoms with Crippen molar-refractivity contribution in [2.45, 2.75) is 13.8 Å². The van der Waals surface area contributed by atoms with E-state index in [0.717, 1.165) is 5.39 Å². The molecule has 0 saturated carbocycles. The van der Waals surface area contributed by atoms with Gasteiger partial charge >= 0.3 is 0 Å². The SMILES string of the molecule is CCOc1nc2ccccc2c(OCC)c1C(N)=O. The molecule has 2 aromatic rings. The lowest BCUT2D eigenvalue weighted by Gasteiger charge is -2.14. The van der Waals surface area contributed by atoms with Crippen molar-refractivity contribution in [2.24, 2.45) is 5.73 Å². The topological polar surface area (TPSA) is 74.4 Å². The van der Waals surface area contributed by atoms with Crippen LogP contribution in [0.3, 0.4) is 0 Å². The second-order valence-electron chi connectivity index (χ2n) is 3.87. The monoisotopic (exact) mass is 260 g/mol. The molecule has 0 fully saturated rings. The first-order valence-electron chi connectivity index (χ1n) is 6.17. The van der Waals surface area contributed by atoms with E-state index in [1.807, 2.05) is 38.1 Å². The van der Waals surface area contributed by atoms with Crippen LogP contribution in [0.1, 0.15) is 24.2 Å². The lowest BCUT2D eigenvalue weighted by atomic mass is 10.1. The van der Waals surface area contributed by atoms with Gasteiger partial charge < -0.3 is 15.2 Å². The summed E-state index contributed by atoms with van der Waals surface area (Å²) in [5.41, 5.74) is 6.33. The zero-order chi connectivity index (χ0) is 13.8. The van der Waals surface area contributed by atoms with E-state index >= 15 is 0 Å². The quantitative estimate of drug-likeness (QED) is 0.893. The van der Waals surface area contributed by atoms with Gasteiger partial charge in [-0.15, -0.1) is 0 Å². The third-order valence-electron chi connectivity index (χ3n) is 2.63. The minimum atomic E-state index is -0.606. The zero-order valence-corrected chi connectivity index (χ0v) is 11.0. The number of nitrogens with zero attached hydrogens (tertiary/aromatic N) is 1. The molecule has 0 aliphatic carbocycles. The van der Waals surface area contributed by atoms with E-state index in [0.29, 0.717) is 24.5 Å². The fraction of sp³-hybridized carbons (Fsp3) is 0.286. The zero-order valence-electron chi connectivity index (χ0n) is 11.0. The number of carbonyl (C=O) groups is 1. The molecule has 19 heavy (non-hydrogen) atoms. The molecular weight excluding hydrogens is 244 g/mol. The van der Waals surface area contributed by atoms with Gasteiger partial charge in [0, 0.05) is 5.39 Å². The summed E-state index contributed by atoms with van der Waals surface area (Å²) in [5.74, 6) is 0.0475. The molecule has 1 aromatic carbocycles. The Morgan fingerprint density at radius 3 is 2.53 bits per heavy atom. The van der Waals surface area contributed by atoms with Crippen LogP contribution in [-0.2, 0) is 0 Å². The van der Waals surface area contributed by atoms with E-state index in [-0.39, 0.29) is 11.4 Å². The maximum absolute atomic E-state index is 11.7. The molecule has 0 saturated heterocycles. The Hall–Kier alpha value is -2.30. The van der Waals surface area contributed by atoms with Gasteiger partial charge in [-0.1, -0.05) is 12.1 Å². The molecule has 1 aromatic heterocycles. The Morgan fingerprint density at radius 2 is 1.89 bits per heavy atom. The smallest absolute Gasteiger partial charge is 0.258 e. The van der Waals surface area contributed by atoms with Gasteiger partial charge in [-0.2, -0.15) is 0 Å². The van der Waals surface area contributed by atoms with E-state index in [9.17, 15) is 4.79 Å². The molecule has 0 atom stereocenters. The van der Waals surface area contributed by atoms with Gasteiger partial charge in [-0.25, -0.2) is 4.98 Å². The highest BCUT2D eigenvalue weighted by molar-refractivity contribution is 6.04. The third kappa shape index (κ3) is 2.45. The first-order chi connectivity index (χ1) is 9.19. The molecule has 2 N–H and O–H groups in total. The predicted molar refractivity (Wildman–Crippen MR) is 72.6 cm³/mol. The molecule has 1 heterocycles. The van der Waals surface area contributed by atoms with E-state index in [2.05, 4.69) is 4.98 Å². The summed E-state index contributed by atoms with van der Waals surface area (Å²) in [5, 5.41) is 0.751. The summed E-state index contributed by atoms with van der Waals surface area (Å²) >= 11 is 0. The van der Waals surface area contributed by atoms with Crippen LogP contribution in [0.15, 0.2) is 24.3 Å². The maximum atomic E-state index is 11.7. The highest BCUT2D eigenvalue weighted by Gasteiger charge is 2.21. The molecule has 0 aliphatic heterocycles. The Kier molecular flexibility index (Phi) is 3.85. The minimum Gasteiger partial charge on any atom is -0.492 e. The Bertz CT molecular complexity index is 611. The Labute approximate surface area is 111 Å². The standard InChI is InChI=1S/C14H16N2O3/c1-3-18-12-9-7-5-6-8-10(9)16-14(19-4-2)11(12)13(15)17/h5-8H,3-4H2,1-2H3,(H2,15,17). The van der Waals surface area contributed by atoms with Crippen LogP contribution in [0.4, 0.5) is 0 Å². The van der Waals surface area contributed by atoms with Gasteiger partial charge in [-0.05, 0) is 26.0 Å². The van der Waals surface area contributed by atoms with Crippen LogP contribution in [0.5, 0.6) is 11.6 Å². The number of para-hydroxylation sites is 1. The molecule has 0 radical (unpaired) electrons. The molecule has 0 aliphatic rings. The number of ether oxygens (including phenoxy) is 2. The fourth-order valence-corrected chi connectivity index (χ4v) is 1.91. The first-order valence-corrected chi connectivity index (χ1v) is 6.17. The number of pyridine rings is 1. The van der Waals surface area contributed by atoms with E-state index < -0.39 is 5.91 Å². The fourth-order valence-electron chi connectivity index (χ4n) is 1.91. The second kappa shape index (κ2) is 5.56. The largest absolute Gasteiger partial charge is 0.492 e. The van der Waals surface area contributed by atoms with Crippen molar-refractivity contribution < 1.29 is 14.3 Å². The lowest BCUT2D eigenvalue weighted by Crippen LogP contribution is -2.16. The summed E-state index contributed by atoms with van der Waals surface area (Å²) in [4.78, 5) is 16.0. The van der Waals surface area contributed by atoms with Gasteiger partial charge in [0.2, 0.25) is 5.88 Å². The molecule has 0 bridgehead atoms. The molecule has 1 amide bonds. The molecule has 0 unspecified atom stereocenters. The number of rotatable bonds is 5. The van der Waals surface area contributed by atoms with Crippen molar-refractivity contribution >= 4 is 16.8 Å². The summed E-state index contributed by atoms with van der Waals surface area (Å²) in [7, 11) is 0. The summed E-state index contributed by atoms with van der Waals surface area (Å²) < 4.78 is 11.0. The summed E-state index contributed by atoms with van der Waals surface area (Å²) in [6.45, 7) is 4.50. The second-order valence-corrected chi connectivity index (χ2v) is 3.87. The van der Waals surface area contributed by atoms with Crippen LogP contribution >= 0.6 is 0 Å². The van der Waals surface area contributed by atoms with Gasteiger partial charge in [0.05, 0.1) is 18.7 Å². The van der Waals surface area contributed by atoms with Crippen molar-refractivity contribution in [3.8, 4) is 11.6 Å². The molecular formula is C14H16N2O3. The number of carbonyl (C=O) groups excluding carboxylic acids is 1. The maximum Gasteiger partial charge on any atom is 0.258 e. The average Bonchev–Trinajstić information content (AvgIpc) is 2.39. The van der Waals surface area contributed by atoms with E-state index in [4.69, 9.17) is 15.2 Å². The summed E-state index contributed by atoms with van der Waals surface area (Å²) in [6, 6.07) is 7.41. The number of aromatic nitrogens is 1. The average molecular weight is 260 g/mol. The Balaban J connectivity index is 2.78. The predicted octanol–water partition coefficient (Wildman–Crippen LogP) is 2.13. The molecule has 0 spiro atoms. The van der Waals surface area contributed by atoms with Crippen molar-refractivity contribution in [1.82, 2.24) is 4.98 Å². The highest BCUT2D eigenvalue weighted by atomic mass is 16.5. The van der Waals surface area contributed by atoms with Gasteiger partial charge in [0.1, 0.15) is 11.3 Å². The summed E-state index contributed by atoms with van der Waals surface area (Å²) in [6.07, 6.45) is 0. The van der Waals surface area contributed by atoms with Crippen LogP contribution in [0, 0.1) is 0 Å². The number of benzene rings is 1. The van der Waals surface area contributed by atoms with E-state index in [1.165, 1.54) is 0 Å². The lowest BCUT2D eigenvalue weighted by molar-refractivity contribution is 0.0992. The van der Waals surface area contributed by atoms with Crippen LogP contribution < -0.4 is 15.2 Å². The van der Waals surface area contributed by atoms with Crippen molar-refractivity contribution in [1.29, 1.82) is 0 Å². The molecule has 5 nitrogen and oxygen atoms in total. The minimum absolute atomic E-state index is 0.197. The van der Waals surface area contributed by atoms with Crippen LogP contribution in [0.25, 0.3) is 10.9 Å². The van der Waals surface area contributed by atoms with Crippen molar-refractivity contribution in [3.63, 3.8) is 0 Å². The third-order valence-corrected chi connectivity index (χ3v) is 2.63. The number of hydrogen-bond acceptors (Lipinski definition) is 4. The van der Waals surface area contributed by atoms with Crippen molar-refractivity contribution in [2.75, 3.05) is 13.2 Å². The molecule has 100 valence electrons. The van der Waals surface area contributed by atoms with Crippen LogP contribution in [0.2, 0.25) is 0 Å². The number of nitrogens with two attached hydrogens (primary N) is 1. The normalized spacial score (nSPS) is 10.4. The number of hydrogen-bond donors (Lipinski definition) is 1. The van der Waals surface area contributed by atoms with Gasteiger partial charge in [0.15, 0.2) is 0 Å². The first kappa shape index (κ1) is 13.1.